The minimum absolute atomic E-state index is 0.372. The van der Waals surface area contributed by atoms with Crippen molar-refractivity contribution in [3.63, 3.8) is 0 Å². The summed E-state index contributed by atoms with van der Waals surface area (Å²) >= 11 is 0. The van der Waals surface area contributed by atoms with E-state index in [1.165, 1.54) is 0 Å². The van der Waals surface area contributed by atoms with E-state index in [9.17, 15) is 0 Å². The first-order valence-corrected chi connectivity index (χ1v) is 6.75. The second-order valence-electron chi connectivity index (χ2n) is 6.03. The summed E-state index contributed by atoms with van der Waals surface area (Å²) in [6.45, 7) is 8.08. The molecule has 0 amide bonds. The van der Waals surface area contributed by atoms with Crippen molar-refractivity contribution in [3.8, 4) is 11.5 Å². The van der Waals surface area contributed by atoms with Gasteiger partial charge in [0.25, 0.3) is 0 Å². The summed E-state index contributed by atoms with van der Waals surface area (Å²) in [7, 11) is -0.485. The highest BCUT2D eigenvalue weighted by Crippen LogP contribution is 2.36. The SMILES string of the molecule is CC1(C)OB(c2coc(-c3ccccc3)n2)OC1(C)C. The van der Waals surface area contributed by atoms with Crippen LogP contribution in [0.1, 0.15) is 27.7 Å². The average Bonchev–Trinajstić information content (AvgIpc) is 2.94. The smallest absolute Gasteiger partial charge is 0.445 e. The third-order valence-electron chi connectivity index (χ3n) is 4.04. The maximum Gasteiger partial charge on any atom is 0.517 e. The largest absolute Gasteiger partial charge is 0.517 e. The molecule has 2 aromatic rings. The molecule has 2 heterocycles. The number of nitrogens with zero attached hydrogens (tertiary/aromatic N) is 1. The van der Waals surface area contributed by atoms with E-state index >= 15 is 0 Å². The molecule has 0 saturated carbocycles. The minimum atomic E-state index is -0.485. The molecule has 0 bridgehead atoms. The van der Waals surface area contributed by atoms with Crippen LogP contribution >= 0.6 is 0 Å². The molecule has 3 rings (SSSR count). The van der Waals surface area contributed by atoms with Crippen molar-refractivity contribution in [2.75, 3.05) is 0 Å². The topological polar surface area (TPSA) is 44.5 Å². The molecule has 0 radical (unpaired) electrons. The van der Waals surface area contributed by atoms with E-state index in [-0.39, 0.29) is 11.2 Å². The van der Waals surface area contributed by atoms with Crippen molar-refractivity contribution in [3.05, 3.63) is 36.6 Å². The summed E-state index contributed by atoms with van der Waals surface area (Å²) in [5.41, 5.74) is 0.866. The second-order valence-corrected chi connectivity index (χ2v) is 6.03. The zero-order valence-electron chi connectivity index (χ0n) is 12.2. The second kappa shape index (κ2) is 4.47. The highest BCUT2D eigenvalue weighted by molar-refractivity contribution is 6.61. The highest BCUT2D eigenvalue weighted by atomic mass is 16.7. The van der Waals surface area contributed by atoms with Gasteiger partial charge in [0.15, 0.2) is 0 Å². The highest BCUT2D eigenvalue weighted by Gasteiger charge is 2.52. The van der Waals surface area contributed by atoms with Crippen LogP contribution in [0.5, 0.6) is 0 Å². The van der Waals surface area contributed by atoms with Gasteiger partial charge in [-0.3, -0.25) is 0 Å². The molecule has 4 nitrogen and oxygen atoms in total. The van der Waals surface area contributed by atoms with Gasteiger partial charge >= 0.3 is 7.12 Å². The lowest BCUT2D eigenvalue weighted by molar-refractivity contribution is 0.00578. The van der Waals surface area contributed by atoms with Crippen LogP contribution in [0.4, 0.5) is 0 Å². The lowest BCUT2D eigenvalue weighted by Crippen LogP contribution is -2.41. The van der Waals surface area contributed by atoms with Crippen LogP contribution in [0.25, 0.3) is 11.5 Å². The quantitative estimate of drug-likeness (QED) is 0.787. The summed E-state index contributed by atoms with van der Waals surface area (Å²) < 4.78 is 17.4. The van der Waals surface area contributed by atoms with E-state index < -0.39 is 7.12 Å². The Morgan fingerprint density at radius 2 is 1.55 bits per heavy atom. The van der Waals surface area contributed by atoms with Gasteiger partial charge in [-0.15, -0.1) is 0 Å². The monoisotopic (exact) mass is 271 g/mol. The molecule has 0 atom stereocenters. The Morgan fingerprint density at radius 3 is 2.15 bits per heavy atom. The number of benzene rings is 1. The average molecular weight is 271 g/mol. The van der Waals surface area contributed by atoms with Crippen LogP contribution in [-0.4, -0.2) is 23.3 Å². The summed E-state index contributed by atoms with van der Waals surface area (Å²) in [5.74, 6) is 0.579. The van der Waals surface area contributed by atoms with Gasteiger partial charge in [0.05, 0.1) is 11.2 Å². The van der Waals surface area contributed by atoms with Crippen LogP contribution in [0.2, 0.25) is 0 Å². The lowest BCUT2D eigenvalue weighted by atomic mass is 9.86. The van der Waals surface area contributed by atoms with Crippen molar-refractivity contribution in [1.29, 1.82) is 0 Å². The predicted octanol–water partition coefficient (Wildman–Crippen LogP) is 2.64. The Balaban J connectivity index is 1.86. The fraction of sp³-hybridized carbons (Fsp3) is 0.400. The molecule has 0 spiro atoms. The van der Waals surface area contributed by atoms with Gasteiger partial charge in [-0.05, 0) is 39.8 Å². The molecule has 1 saturated heterocycles. The molecule has 104 valence electrons. The van der Waals surface area contributed by atoms with E-state index in [1.807, 2.05) is 58.0 Å². The predicted molar refractivity (Wildman–Crippen MR) is 77.7 cm³/mol. The Morgan fingerprint density at radius 1 is 0.950 bits per heavy atom. The van der Waals surface area contributed by atoms with Crippen molar-refractivity contribution in [2.45, 2.75) is 38.9 Å². The Hall–Kier alpha value is -1.59. The third kappa shape index (κ3) is 2.17. The van der Waals surface area contributed by atoms with E-state index in [0.29, 0.717) is 11.5 Å². The van der Waals surface area contributed by atoms with Gasteiger partial charge in [-0.2, -0.15) is 0 Å². The molecule has 5 heteroatoms. The van der Waals surface area contributed by atoms with Gasteiger partial charge in [0.2, 0.25) is 5.89 Å². The van der Waals surface area contributed by atoms with Crippen LogP contribution in [0, 0.1) is 0 Å². The molecule has 0 unspecified atom stereocenters. The third-order valence-corrected chi connectivity index (χ3v) is 4.04. The fourth-order valence-electron chi connectivity index (χ4n) is 2.07. The first-order valence-electron chi connectivity index (χ1n) is 6.75. The van der Waals surface area contributed by atoms with Crippen LogP contribution in [-0.2, 0) is 9.31 Å². The molecule has 1 aromatic heterocycles. The van der Waals surface area contributed by atoms with Gasteiger partial charge in [0.1, 0.15) is 11.9 Å². The number of hydrogen-bond donors (Lipinski definition) is 0. The first kappa shape index (κ1) is 13.4. The van der Waals surface area contributed by atoms with Crippen molar-refractivity contribution < 1.29 is 13.7 Å². The van der Waals surface area contributed by atoms with Crippen LogP contribution < -0.4 is 5.59 Å². The van der Waals surface area contributed by atoms with Crippen LogP contribution in [0.3, 0.4) is 0 Å². The van der Waals surface area contributed by atoms with Gasteiger partial charge in [-0.25, -0.2) is 4.98 Å². The van der Waals surface area contributed by atoms with Gasteiger partial charge < -0.3 is 13.7 Å². The Kier molecular flexibility index (Phi) is 2.99. The van der Waals surface area contributed by atoms with E-state index in [1.54, 1.807) is 6.26 Å². The molecule has 1 aliphatic heterocycles. The standard InChI is InChI=1S/C15H18BNO3/c1-14(2)15(3,4)20-16(19-14)12-10-18-13(17-12)11-8-6-5-7-9-11/h5-10H,1-4H3. The van der Waals surface area contributed by atoms with Crippen LogP contribution in [0.15, 0.2) is 41.0 Å². The summed E-state index contributed by atoms with van der Waals surface area (Å²) in [6.07, 6.45) is 1.60. The molecule has 0 N–H and O–H groups in total. The van der Waals surface area contributed by atoms with Gasteiger partial charge in [0, 0.05) is 5.56 Å². The van der Waals surface area contributed by atoms with E-state index in [0.717, 1.165) is 5.56 Å². The molecule has 20 heavy (non-hydrogen) atoms. The maximum absolute atomic E-state index is 5.95. The number of aromatic nitrogens is 1. The van der Waals surface area contributed by atoms with Gasteiger partial charge in [-0.1, -0.05) is 18.2 Å². The molecule has 1 aromatic carbocycles. The molecule has 0 aliphatic carbocycles. The number of oxazole rings is 1. The molecular weight excluding hydrogens is 253 g/mol. The molecular formula is C15H18BNO3. The fourth-order valence-corrected chi connectivity index (χ4v) is 2.07. The van der Waals surface area contributed by atoms with Crippen molar-refractivity contribution in [1.82, 2.24) is 4.98 Å². The van der Waals surface area contributed by atoms with Crippen molar-refractivity contribution in [2.24, 2.45) is 0 Å². The lowest BCUT2D eigenvalue weighted by Gasteiger charge is -2.32. The van der Waals surface area contributed by atoms with E-state index in [2.05, 4.69) is 4.98 Å². The summed E-state index contributed by atoms with van der Waals surface area (Å²) in [5, 5.41) is 0. The Labute approximate surface area is 119 Å². The molecule has 1 aliphatic rings. The molecule has 1 fully saturated rings. The normalized spacial score (nSPS) is 20.3. The summed E-state index contributed by atoms with van der Waals surface area (Å²) in [4.78, 5) is 4.48. The van der Waals surface area contributed by atoms with Crippen molar-refractivity contribution >= 4 is 12.7 Å². The first-order chi connectivity index (χ1) is 9.39. The maximum atomic E-state index is 5.95. The summed E-state index contributed by atoms with van der Waals surface area (Å²) in [6, 6.07) is 9.78. The number of rotatable bonds is 2. The van der Waals surface area contributed by atoms with E-state index in [4.69, 9.17) is 13.7 Å². The Bertz CT molecular complexity index is 591. The number of hydrogen-bond acceptors (Lipinski definition) is 4. The zero-order chi connectivity index (χ0) is 14.4. The minimum Gasteiger partial charge on any atom is -0.445 e. The zero-order valence-corrected chi connectivity index (χ0v) is 12.2.